The molecule has 2 aromatic rings. The molecule has 8 nitrogen and oxygen atoms in total. The minimum Gasteiger partial charge on any atom is -0.497 e. The zero-order chi connectivity index (χ0) is 19.9. The SMILES string of the molecule is CCNc1nc(C)cc(N2CCN(C(=O)COc3cccc(OC)c3)CC2)n1. The van der Waals surface area contributed by atoms with Crippen LogP contribution in [0, 0.1) is 6.92 Å². The summed E-state index contributed by atoms with van der Waals surface area (Å²) in [7, 11) is 1.60. The van der Waals surface area contributed by atoms with Crippen molar-refractivity contribution in [3.05, 3.63) is 36.0 Å². The van der Waals surface area contributed by atoms with Gasteiger partial charge in [-0.3, -0.25) is 4.79 Å². The molecule has 1 N–H and O–H groups in total. The molecule has 3 rings (SSSR count). The van der Waals surface area contributed by atoms with E-state index < -0.39 is 0 Å². The zero-order valence-electron chi connectivity index (χ0n) is 16.6. The number of ether oxygens (including phenoxy) is 2. The van der Waals surface area contributed by atoms with Gasteiger partial charge in [-0.25, -0.2) is 4.98 Å². The maximum Gasteiger partial charge on any atom is 0.260 e. The van der Waals surface area contributed by atoms with Gasteiger partial charge in [0, 0.05) is 50.6 Å². The van der Waals surface area contributed by atoms with E-state index >= 15 is 0 Å². The van der Waals surface area contributed by atoms with E-state index in [1.807, 2.05) is 43.0 Å². The van der Waals surface area contributed by atoms with E-state index in [1.54, 1.807) is 13.2 Å². The number of nitrogens with one attached hydrogen (secondary N) is 1. The van der Waals surface area contributed by atoms with Gasteiger partial charge in [0.15, 0.2) is 6.61 Å². The number of carbonyl (C=O) groups is 1. The molecule has 8 heteroatoms. The average Bonchev–Trinajstić information content (AvgIpc) is 2.72. The Kier molecular flexibility index (Phi) is 6.52. The summed E-state index contributed by atoms with van der Waals surface area (Å²) in [5.41, 5.74) is 0.922. The molecule has 150 valence electrons. The van der Waals surface area contributed by atoms with Crippen LogP contribution in [0.3, 0.4) is 0 Å². The molecule has 2 heterocycles. The Hall–Kier alpha value is -3.03. The second-order valence-electron chi connectivity index (χ2n) is 6.56. The molecule has 0 saturated carbocycles. The standard InChI is InChI=1S/C20H27N5O3/c1-4-21-20-22-15(2)12-18(23-20)24-8-10-25(11-9-24)19(26)14-28-17-7-5-6-16(13-17)27-3/h5-7,12-13H,4,8-11,14H2,1-3H3,(H,21,22,23). The van der Waals surface area contributed by atoms with Crippen molar-refractivity contribution in [2.45, 2.75) is 13.8 Å². The first-order valence-corrected chi connectivity index (χ1v) is 9.48. The lowest BCUT2D eigenvalue weighted by Crippen LogP contribution is -2.50. The fraction of sp³-hybridized carbons (Fsp3) is 0.450. The molecule has 0 bridgehead atoms. The third-order valence-corrected chi connectivity index (χ3v) is 4.54. The van der Waals surface area contributed by atoms with Crippen LogP contribution in [-0.4, -0.2) is 67.2 Å². The van der Waals surface area contributed by atoms with Crippen LogP contribution < -0.4 is 19.7 Å². The number of carbonyl (C=O) groups excluding carboxylic acids is 1. The van der Waals surface area contributed by atoms with Gasteiger partial charge in [0.25, 0.3) is 5.91 Å². The number of aryl methyl sites for hydroxylation is 1. The topological polar surface area (TPSA) is 79.8 Å². The molecule has 0 radical (unpaired) electrons. The van der Waals surface area contributed by atoms with Crippen molar-refractivity contribution >= 4 is 17.7 Å². The lowest BCUT2D eigenvalue weighted by molar-refractivity contribution is -0.133. The molecule has 0 spiro atoms. The van der Waals surface area contributed by atoms with Crippen molar-refractivity contribution in [1.29, 1.82) is 0 Å². The van der Waals surface area contributed by atoms with Gasteiger partial charge in [-0.15, -0.1) is 0 Å². The van der Waals surface area contributed by atoms with E-state index in [9.17, 15) is 4.79 Å². The van der Waals surface area contributed by atoms with E-state index in [2.05, 4.69) is 20.2 Å². The van der Waals surface area contributed by atoms with Gasteiger partial charge in [-0.05, 0) is 26.0 Å². The van der Waals surface area contributed by atoms with Crippen molar-refractivity contribution in [2.75, 3.05) is 56.7 Å². The molecule has 1 aliphatic rings. The van der Waals surface area contributed by atoms with E-state index in [4.69, 9.17) is 9.47 Å². The summed E-state index contributed by atoms with van der Waals surface area (Å²) < 4.78 is 10.8. The largest absolute Gasteiger partial charge is 0.497 e. The van der Waals surface area contributed by atoms with Gasteiger partial charge < -0.3 is 24.6 Å². The van der Waals surface area contributed by atoms with Crippen molar-refractivity contribution in [1.82, 2.24) is 14.9 Å². The molecule has 0 unspecified atom stereocenters. The van der Waals surface area contributed by atoms with Gasteiger partial charge in [0.05, 0.1) is 7.11 Å². The fourth-order valence-electron chi connectivity index (χ4n) is 3.06. The first-order valence-electron chi connectivity index (χ1n) is 9.48. The summed E-state index contributed by atoms with van der Waals surface area (Å²) in [5.74, 6) is 2.84. The third-order valence-electron chi connectivity index (χ3n) is 4.54. The number of amides is 1. The average molecular weight is 385 g/mol. The van der Waals surface area contributed by atoms with Crippen molar-refractivity contribution in [2.24, 2.45) is 0 Å². The van der Waals surface area contributed by atoms with Crippen LogP contribution in [0.5, 0.6) is 11.5 Å². The molecular weight excluding hydrogens is 358 g/mol. The lowest BCUT2D eigenvalue weighted by Gasteiger charge is -2.35. The Morgan fingerprint density at radius 2 is 1.89 bits per heavy atom. The van der Waals surface area contributed by atoms with Gasteiger partial charge in [-0.1, -0.05) is 6.07 Å². The fourth-order valence-corrected chi connectivity index (χ4v) is 3.06. The Balaban J connectivity index is 1.52. The number of methoxy groups -OCH3 is 1. The molecule has 1 amide bonds. The van der Waals surface area contributed by atoms with Crippen LogP contribution in [0.25, 0.3) is 0 Å². The Morgan fingerprint density at radius 1 is 1.14 bits per heavy atom. The highest BCUT2D eigenvalue weighted by Crippen LogP contribution is 2.20. The molecule has 0 atom stereocenters. The van der Waals surface area contributed by atoms with Gasteiger partial charge in [0.1, 0.15) is 17.3 Å². The second kappa shape index (κ2) is 9.25. The Labute approximate surface area is 165 Å². The minimum absolute atomic E-state index is 0.0182. The van der Waals surface area contributed by atoms with Crippen LogP contribution in [0.2, 0.25) is 0 Å². The monoisotopic (exact) mass is 385 g/mol. The number of anilines is 2. The number of nitrogens with zero attached hydrogens (tertiary/aromatic N) is 4. The summed E-state index contributed by atoms with van der Waals surface area (Å²) in [4.78, 5) is 25.5. The van der Waals surface area contributed by atoms with Gasteiger partial charge in [-0.2, -0.15) is 4.98 Å². The molecule has 1 aromatic carbocycles. The summed E-state index contributed by atoms with van der Waals surface area (Å²) in [5, 5.41) is 3.16. The Morgan fingerprint density at radius 3 is 2.61 bits per heavy atom. The predicted molar refractivity (Wildman–Crippen MR) is 108 cm³/mol. The first-order chi connectivity index (χ1) is 13.6. The molecular formula is C20H27N5O3. The van der Waals surface area contributed by atoms with Gasteiger partial charge in [0.2, 0.25) is 5.95 Å². The van der Waals surface area contributed by atoms with Gasteiger partial charge >= 0.3 is 0 Å². The van der Waals surface area contributed by atoms with Crippen molar-refractivity contribution < 1.29 is 14.3 Å². The number of aromatic nitrogens is 2. The lowest BCUT2D eigenvalue weighted by atomic mass is 10.3. The van der Waals surface area contributed by atoms with Crippen molar-refractivity contribution in [3.8, 4) is 11.5 Å². The number of hydrogen-bond acceptors (Lipinski definition) is 7. The smallest absolute Gasteiger partial charge is 0.260 e. The second-order valence-corrected chi connectivity index (χ2v) is 6.56. The van der Waals surface area contributed by atoms with Crippen LogP contribution in [0.15, 0.2) is 30.3 Å². The highest BCUT2D eigenvalue weighted by molar-refractivity contribution is 5.78. The quantitative estimate of drug-likeness (QED) is 0.780. The normalized spacial score (nSPS) is 14.0. The third kappa shape index (κ3) is 5.03. The first kappa shape index (κ1) is 19.7. The summed E-state index contributed by atoms with van der Waals surface area (Å²) in [6.07, 6.45) is 0. The van der Waals surface area contributed by atoms with Crippen LogP contribution in [0.1, 0.15) is 12.6 Å². The molecule has 1 aliphatic heterocycles. The maximum absolute atomic E-state index is 12.5. The molecule has 1 fully saturated rings. The highest BCUT2D eigenvalue weighted by atomic mass is 16.5. The molecule has 28 heavy (non-hydrogen) atoms. The molecule has 0 aliphatic carbocycles. The number of benzene rings is 1. The van der Waals surface area contributed by atoms with Crippen LogP contribution >= 0.6 is 0 Å². The Bertz CT molecular complexity index is 806. The van der Waals surface area contributed by atoms with E-state index in [0.717, 1.165) is 31.1 Å². The van der Waals surface area contributed by atoms with E-state index in [0.29, 0.717) is 30.5 Å². The number of hydrogen-bond donors (Lipinski definition) is 1. The highest BCUT2D eigenvalue weighted by Gasteiger charge is 2.22. The summed E-state index contributed by atoms with van der Waals surface area (Å²) in [6.45, 7) is 7.51. The predicted octanol–water partition coefficient (Wildman–Crippen LogP) is 1.95. The zero-order valence-corrected chi connectivity index (χ0v) is 16.6. The minimum atomic E-state index is -0.0188. The summed E-state index contributed by atoms with van der Waals surface area (Å²) >= 11 is 0. The van der Waals surface area contributed by atoms with E-state index in [1.165, 1.54) is 0 Å². The number of rotatable bonds is 7. The number of piperazine rings is 1. The van der Waals surface area contributed by atoms with Crippen LogP contribution in [0.4, 0.5) is 11.8 Å². The molecule has 1 saturated heterocycles. The van der Waals surface area contributed by atoms with Crippen molar-refractivity contribution in [3.63, 3.8) is 0 Å². The van der Waals surface area contributed by atoms with E-state index in [-0.39, 0.29) is 12.5 Å². The summed E-state index contributed by atoms with van der Waals surface area (Å²) in [6, 6.07) is 9.23. The van der Waals surface area contributed by atoms with Crippen LogP contribution in [-0.2, 0) is 4.79 Å². The maximum atomic E-state index is 12.5. The molecule has 1 aromatic heterocycles.